The summed E-state index contributed by atoms with van der Waals surface area (Å²) in [4.78, 5) is 16.4. The minimum absolute atomic E-state index is 0.0140. The number of thiazole rings is 1. The second kappa shape index (κ2) is 5.81. The fourth-order valence-electron chi connectivity index (χ4n) is 2.42. The number of rotatable bonds is 4. The number of hydrogen-bond donors (Lipinski definition) is 1. The van der Waals surface area contributed by atoms with E-state index >= 15 is 0 Å². The zero-order valence-corrected chi connectivity index (χ0v) is 13.7. The van der Waals surface area contributed by atoms with Gasteiger partial charge in [0.25, 0.3) is 0 Å². The summed E-state index contributed by atoms with van der Waals surface area (Å²) in [5.74, 6) is -0.437. The number of carbonyl (C=O) groups is 1. The molecule has 1 aromatic carbocycles. The highest BCUT2D eigenvalue weighted by Crippen LogP contribution is 2.27. The Kier molecular flexibility index (Phi) is 4.01. The smallest absolute Gasteiger partial charge is 0.226 e. The summed E-state index contributed by atoms with van der Waals surface area (Å²) in [5, 5.41) is 4.51. The number of benzene rings is 1. The Hall–Kier alpha value is -1.73. The number of allylic oxidation sites excluding steroid dienone is 1. The van der Waals surface area contributed by atoms with Crippen molar-refractivity contribution in [3.63, 3.8) is 0 Å². The number of hydrogen-bond acceptors (Lipinski definition) is 5. The molecule has 0 saturated carbocycles. The van der Waals surface area contributed by atoms with Crippen LogP contribution in [0.2, 0.25) is 0 Å². The molecule has 1 N–H and O–H groups in total. The van der Waals surface area contributed by atoms with Crippen LogP contribution in [-0.4, -0.2) is 25.1 Å². The van der Waals surface area contributed by atoms with Crippen molar-refractivity contribution < 1.29 is 13.2 Å². The first-order valence-corrected chi connectivity index (χ1v) is 9.58. The van der Waals surface area contributed by atoms with E-state index in [4.69, 9.17) is 0 Å². The maximum Gasteiger partial charge on any atom is 0.226 e. The Morgan fingerprint density at radius 3 is 2.95 bits per heavy atom. The monoisotopic (exact) mass is 336 g/mol. The number of aryl methyl sites for hydroxylation is 1. The van der Waals surface area contributed by atoms with Crippen molar-refractivity contribution in [2.75, 3.05) is 11.1 Å². The number of fused-ring (bicyclic) bond motifs is 1. The van der Waals surface area contributed by atoms with Gasteiger partial charge in [-0.3, -0.25) is 4.79 Å². The molecular formula is C15H16N2O3S2. The molecule has 0 fully saturated rings. The van der Waals surface area contributed by atoms with E-state index in [1.807, 2.05) is 12.1 Å². The zero-order chi connectivity index (χ0) is 15.7. The van der Waals surface area contributed by atoms with Gasteiger partial charge >= 0.3 is 0 Å². The Bertz CT molecular complexity index is 853. The molecule has 1 aliphatic rings. The summed E-state index contributed by atoms with van der Waals surface area (Å²) < 4.78 is 23.7. The third kappa shape index (κ3) is 3.36. The first-order chi connectivity index (χ1) is 10.4. The molecule has 0 saturated heterocycles. The minimum atomic E-state index is -3.12. The molecule has 22 heavy (non-hydrogen) atoms. The first-order valence-electron chi connectivity index (χ1n) is 7.05. The summed E-state index contributed by atoms with van der Waals surface area (Å²) in [5.41, 5.74) is 2.09. The predicted molar refractivity (Wildman–Crippen MR) is 88.7 cm³/mol. The molecule has 116 valence electrons. The lowest BCUT2D eigenvalue weighted by molar-refractivity contribution is -0.116. The number of amides is 1. The standard InChI is InChI=1S/C15H16N2O3S2/c1-2-10-3-4-12-13(7-10)21-15(16-12)17-14(18)8-11-5-6-22(19,20)9-11/h3-7,11H,2,8-9H2,1H3,(H,16,17,18). The van der Waals surface area contributed by atoms with Crippen LogP contribution in [0.3, 0.4) is 0 Å². The fraction of sp³-hybridized carbons (Fsp3) is 0.333. The van der Waals surface area contributed by atoms with Gasteiger partial charge in [0.2, 0.25) is 5.91 Å². The lowest BCUT2D eigenvalue weighted by atomic mass is 10.1. The fourth-order valence-corrected chi connectivity index (χ4v) is 4.76. The number of carbonyl (C=O) groups excluding carboxylic acids is 1. The molecule has 0 bridgehead atoms. The maximum atomic E-state index is 12.0. The van der Waals surface area contributed by atoms with Gasteiger partial charge in [-0.2, -0.15) is 0 Å². The summed E-state index contributed by atoms with van der Waals surface area (Å²) in [6.45, 7) is 2.09. The second-order valence-corrected chi connectivity index (χ2v) is 8.31. The number of sulfone groups is 1. The Morgan fingerprint density at radius 2 is 2.27 bits per heavy atom. The average Bonchev–Trinajstić information content (AvgIpc) is 2.99. The van der Waals surface area contributed by atoms with Gasteiger partial charge in [0, 0.05) is 17.7 Å². The Balaban J connectivity index is 1.68. The molecular weight excluding hydrogens is 320 g/mol. The number of aromatic nitrogens is 1. The van der Waals surface area contributed by atoms with E-state index < -0.39 is 9.84 Å². The van der Waals surface area contributed by atoms with Crippen LogP contribution < -0.4 is 5.32 Å². The van der Waals surface area contributed by atoms with Crippen LogP contribution in [0, 0.1) is 5.92 Å². The van der Waals surface area contributed by atoms with E-state index in [0.29, 0.717) is 5.13 Å². The third-order valence-corrected chi connectivity index (χ3v) is 5.96. The number of nitrogens with one attached hydrogen (secondary N) is 1. The lowest BCUT2D eigenvalue weighted by Gasteiger charge is -2.05. The molecule has 1 unspecified atom stereocenters. The molecule has 1 amide bonds. The van der Waals surface area contributed by atoms with Crippen molar-refractivity contribution in [1.29, 1.82) is 0 Å². The molecule has 2 heterocycles. The largest absolute Gasteiger partial charge is 0.302 e. The maximum absolute atomic E-state index is 12.0. The molecule has 0 spiro atoms. The highest BCUT2D eigenvalue weighted by Gasteiger charge is 2.24. The molecule has 1 aromatic heterocycles. The van der Waals surface area contributed by atoms with Crippen molar-refractivity contribution >= 4 is 42.4 Å². The summed E-state index contributed by atoms with van der Waals surface area (Å²) in [6, 6.07) is 6.06. The minimum Gasteiger partial charge on any atom is -0.302 e. The third-order valence-electron chi connectivity index (χ3n) is 3.56. The molecule has 3 rings (SSSR count). The van der Waals surface area contributed by atoms with Crippen molar-refractivity contribution in [2.24, 2.45) is 5.92 Å². The molecule has 1 aliphatic heterocycles. The van der Waals surface area contributed by atoms with E-state index in [9.17, 15) is 13.2 Å². The summed E-state index contributed by atoms with van der Waals surface area (Å²) in [7, 11) is -3.12. The van der Waals surface area contributed by atoms with Crippen LogP contribution in [0.25, 0.3) is 10.2 Å². The second-order valence-electron chi connectivity index (χ2n) is 5.35. The highest BCUT2D eigenvalue weighted by molar-refractivity contribution is 7.94. The quantitative estimate of drug-likeness (QED) is 0.931. The first kappa shape index (κ1) is 15.2. The average molecular weight is 336 g/mol. The van der Waals surface area contributed by atoms with Crippen molar-refractivity contribution in [3.8, 4) is 0 Å². The van der Waals surface area contributed by atoms with Gasteiger partial charge in [-0.1, -0.05) is 30.4 Å². The van der Waals surface area contributed by atoms with Gasteiger partial charge in [-0.05, 0) is 24.1 Å². The molecule has 7 heteroatoms. The van der Waals surface area contributed by atoms with Crippen molar-refractivity contribution in [3.05, 3.63) is 35.2 Å². The molecule has 2 aromatic rings. The van der Waals surface area contributed by atoms with Crippen LogP contribution in [0.1, 0.15) is 18.9 Å². The van der Waals surface area contributed by atoms with Gasteiger partial charge in [-0.15, -0.1) is 0 Å². The van der Waals surface area contributed by atoms with E-state index in [1.165, 1.54) is 22.3 Å². The topological polar surface area (TPSA) is 76.1 Å². The highest BCUT2D eigenvalue weighted by atomic mass is 32.2. The van der Waals surface area contributed by atoms with Gasteiger partial charge in [-0.25, -0.2) is 13.4 Å². The van der Waals surface area contributed by atoms with Crippen LogP contribution in [0.5, 0.6) is 0 Å². The Labute approximate surface area is 133 Å². The normalized spacial score (nSPS) is 19.6. The van der Waals surface area contributed by atoms with E-state index in [-0.39, 0.29) is 24.0 Å². The van der Waals surface area contributed by atoms with Crippen molar-refractivity contribution in [1.82, 2.24) is 4.98 Å². The number of anilines is 1. The molecule has 0 aliphatic carbocycles. The van der Waals surface area contributed by atoms with Gasteiger partial charge in [0.1, 0.15) is 0 Å². The SMILES string of the molecule is CCc1ccc2nc(NC(=O)CC3C=CS(=O)(=O)C3)sc2c1. The van der Waals surface area contributed by atoms with Crippen LogP contribution in [-0.2, 0) is 21.1 Å². The van der Waals surface area contributed by atoms with E-state index in [0.717, 1.165) is 16.6 Å². The van der Waals surface area contributed by atoms with Crippen LogP contribution in [0.15, 0.2) is 29.7 Å². The van der Waals surface area contributed by atoms with Gasteiger partial charge < -0.3 is 5.32 Å². The van der Waals surface area contributed by atoms with Gasteiger partial charge in [0.05, 0.1) is 16.0 Å². The van der Waals surface area contributed by atoms with Crippen molar-refractivity contribution in [2.45, 2.75) is 19.8 Å². The lowest BCUT2D eigenvalue weighted by Crippen LogP contribution is -2.17. The zero-order valence-electron chi connectivity index (χ0n) is 12.1. The molecule has 5 nitrogen and oxygen atoms in total. The molecule has 0 radical (unpaired) electrons. The van der Waals surface area contributed by atoms with Crippen LogP contribution >= 0.6 is 11.3 Å². The Morgan fingerprint density at radius 1 is 1.45 bits per heavy atom. The predicted octanol–water partition coefficient (Wildman–Crippen LogP) is 2.75. The number of nitrogens with zero attached hydrogens (tertiary/aromatic N) is 1. The van der Waals surface area contributed by atoms with E-state index in [2.05, 4.69) is 23.3 Å². The van der Waals surface area contributed by atoms with Crippen LogP contribution in [0.4, 0.5) is 5.13 Å². The summed E-state index contributed by atoms with van der Waals surface area (Å²) >= 11 is 1.43. The summed E-state index contributed by atoms with van der Waals surface area (Å²) in [6.07, 6.45) is 2.70. The van der Waals surface area contributed by atoms with E-state index in [1.54, 1.807) is 6.08 Å². The molecule has 1 atom stereocenters. The van der Waals surface area contributed by atoms with Gasteiger partial charge in [0.15, 0.2) is 15.0 Å².